The molecule has 6 bridgehead atoms. The van der Waals surface area contributed by atoms with E-state index in [1.165, 1.54) is 100 Å². The molecule has 6 aliphatic rings. The van der Waals surface area contributed by atoms with Crippen molar-refractivity contribution in [3.8, 4) is 0 Å². The molecule has 6 nitrogen and oxygen atoms in total. The highest BCUT2D eigenvalue weighted by Gasteiger charge is 2.49. The third-order valence-corrected chi connectivity index (χ3v) is 13.4. The first-order valence-corrected chi connectivity index (χ1v) is 18.8. The highest BCUT2D eigenvalue weighted by molar-refractivity contribution is 7.98. The van der Waals surface area contributed by atoms with Crippen LogP contribution in [0.4, 0.5) is 0 Å². The quantitative estimate of drug-likeness (QED) is 0.339. The molecule has 3 heterocycles. The number of fused-ring (bicyclic) bond motifs is 6. The predicted molar refractivity (Wildman–Crippen MR) is 179 cm³/mol. The van der Waals surface area contributed by atoms with E-state index in [4.69, 9.17) is 4.74 Å². The molecule has 0 aromatic heterocycles. The lowest BCUT2D eigenvalue weighted by molar-refractivity contribution is -0.0899. The topological polar surface area (TPSA) is 51.8 Å². The van der Waals surface area contributed by atoms with Gasteiger partial charge >= 0.3 is 0 Å². The average Bonchev–Trinajstić information content (AvgIpc) is 3.14. The maximum atomic E-state index is 7.26. The fourth-order valence-corrected chi connectivity index (χ4v) is 11.2. The molecule has 240 valence electrons. The molecule has 43 heavy (non-hydrogen) atoms. The largest absolute Gasteiger partial charge is 0.357 e. The van der Waals surface area contributed by atoms with Gasteiger partial charge in [-0.15, -0.1) is 0 Å². The molecule has 0 amide bonds. The summed E-state index contributed by atoms with van der Waals surface area (Å²) in [6.45, 7) is 14.1. The Hall–Kier alpha value is -0.670. The first kappa shape index (κ1) is 31.0. The lowest BCUT2D eigenvalue weighted by Crippen LogP contribution is -2.62. The van der Waals surface area contributed by atoms with Crippen molar-refractivity contribution in [1.82, 2.24) is 25.2 Å². The number of nitrogens with zero attached hydrogens (tertiary/aromatic N) is 2. The molecule has 7 heteroatoms. The number of hydrogen-bond donors (Lipinski definition) is 3. The zero-order chi connectivity index (χ0) is 29.6. The van der Waals surface area contributed by atoms with Crippen LogP contribution in [0, 0.1) is 31.1 Å². The van der Waals surface area contributed by atoms with Crippen LogP contribution < -0.4 is 15.4 Å². The maximum Gasteiger partial charge on any atom is 0.123 e. The molecule has 1 aromatic rings. The Kier molecular flexibility index (Phi) is 9.51. The number of benzene rings is 1. The van der Waals surface area contributed by atoms with Gasteiger partial charge in [-0.1, -0.05) is 69.7 Å². The van der Waals surface area contributed by atoms with E-state index in [1.54, 1.807) is 0 Å². The Morgan fingerprint density at radius 1 is 0.884 bits per heavy atom. The normalized spacial score (nSPS) is 39.3. The van der Waals surface area contributed by atoms with Crippen molar-refractivity contribution in [2.75, 3.05) is 26.2 Å². The van der Waals surface area contributed by atoms with Gasteiger partial charge in [0.1, 0.15) is 12.5 Å². The van der Waals surface area contributed by atoms with Gasteiger partial charge in [0, 0.05) is 56.0 Å². The van der Waals surface area contributed by atoms with Gasteiger partial charge in [0.2, 0.25) is 0 Å². The van der Waals surface area contributed by atoms with Crippen LogP contribution in [0.5, 0.6) is 0 Å². The van der Waals surface area contributed by atoms with E-state index >= 15 is 0 Å². The minimum atomic E-state index is 0.0267. The van der Waals surface area contributed by atoms with Crippen LogP contribution in [0.2, 0.25) is 0 Å². The van der Waals surface area contributed by atoms with Gasteiger partial charge in [0.25, 0.3) is 0 Å². The molecule has 3 saturated carbocycles. The highest BCUT2D eigenvalue weighted by atomic mass is 32.2. The Balaban J connectivity index is 1.16. The minimum Gasteiger partial charge on any atom is -0.357 e. The zero-order valence-electron chi connectivity index (χ0n) is 27.5. The summed E-state index contributed by atoms with van der Waals surface area (Å²) in [6, 6.07) is 8.38. The van der Waals surface area contributed by atoms with Crippen LogP contribution in [-0.4, -0.2) is 71.9 Å². The summed E-state index contributed by atoms with van der Waals surface area (Å²) in [6.07, 6.45) is 16.8. The monoisotopic (exact) mass is 609 g/mol. The second-order valence-electron chi connectivity index (χ2n) is 15.8. The number of ether oxygens (including phenoxy) is 1. The van der Waals surface area contributed by atoms with Gasteiger partial charge < -0.3 is 4.74 Å². The van der Waals surface area contributed by atoms with E-state index in [-0.39, 0.29) is 24.7 Å². The molecular weight excluding hydrogens is 550 g/mol. The van der Waals surface area contributed by atoms with Crippen LogP contribution in [0.3, 0.4) is 0 Å². The Labute approximate surface area is 266 Å². The lowest BCUT2D eigenvalue weighted by Gasteiger charge is -2.54. The Morgan fingerprint density at radius 2 is 1.65 bits per heavy atom. The summed E-state index contributed by atoms with van der Waals surface area (Å²) < 4.78 is 11.1. The van der Waals surface area contributed by atoms with Gasteiger partial charge in [0.15, 0.2) is 0 Å². The molecule has 1 aromatic carbocycles. The first-order chi connectivity index (χ1) is 20.8. The fraction of sp³-hybridized carbons (Fsp3) is 0.833. The molecule has 0 radical (unpaired) electrons. The molecule has 7 rings (SSSR count). The van der Waals surface area contributed by atoms with Gasteiger partial charge in [-0.2, -0.15) is 0 Å². The van der Waals surface area contributed by atoms with Crippen molar-refractivity contribution in [1.29, 1.82) is 0 Å². The molecule has 1 spiro atoms. The molecule has 6 unspecified atom stereocenters. The molecule has 6 fully saturated rings. The van der Waals surface area contributed by atoms with Crippen LogP contribution in [0.25, 0.3) is 0 Å². The van der Waals surface area contributed by atoms with E-state index in [9.17, 15) is 0 Å². The third-order valence-electron chi connectivity index (χ3n) is 12.3. The van der Waals surface area contributed by atoms with Crippen molar-refractivity contribution in [2.45, 2.75) is 147 Å². The van der Waals surface area contributed by atoms with Crippen LogP contribution in [0.15, 0.2) is 18.2 Å². The van der Waals surface area contributed by atoms with Crippen molar-refractivity contribution >= 4 is 11.9 Å². The van der Waals surface area contributed by atoms with Crippen molar-refractivity contribution < 1.29 is 4.74 Å². The smallest absolute Gasteiger partial charge is 0.123 e. The van der Waals surface area contributed by atoms with Crippen molar-refractivity contribution in [3.63, 3.8) is 0 Å². The number of aryl methyl sites for hydroxylation is 2. The second kappa shape index (κ2) is 13.2. The number of nitrogens with one attached hydrogen (secondary N) is 3. The molecular formula is C36H59N5OS. The van der Waals surface area contributed by atoms with Crippen molar-refractivity contribution in [2.24, 2.45) is 17.3 Å². The summed E-state index contributed by atoms with van der Waals surface area (Å²) in [4.78, 5) is 5.83. The number of rotatable bonds is 3. The SMILES string of the molecule is Cc1cccc(C)c1C1CC2NC(NSC3CCCC(C3)CN3C[C@@H](CN(C4CC5(CCCCC5)C4)C[C@H]3C(C)C)O2)N1. The van der Waals surface area contributed by atoms with E-state index < -0.39 is 0 Å². The summed E-state index contributed by atoms with van der Waals surface area (Å²) in [7, 11) is 0. The van der Waals surface area contributed by atoms with Crippen LogP contribution >= 0.6 is 11.9 Å². The summed E-state index contributed by atoms with van der Waals surface area (Å²) in [5.41, 5.74) is 4.88. The highest BCUT2D eigenvalue weighted by Crippen LogP contribution is 2.53. The molecule has 3 saturated heterocycles. The van der Waals surface area contributed by atoms with Crippen LogP contribution in [0.1, 0.15) is 114 Å². The van der Waals surface area contributed by atoms with Crippen LogP contribution in [-0.2, 0) is 4.74 Å². The second-order valence-corrected chi connectivity index (χ2v) is 17.0. The molecule has 3 aliphatic carbocycles. The standard InChI is InChI=1S/C36H59N5OS/c1-24(2)32-23-40(28-18-36(19-28)14-6-5-7-15-36)21-29-22-41(32)20-27-12-9-13-30(16-27)43-39-35-37-31(17-33(38-35)42-29)34-25(3)10-8-11-26(34)4/h8,10-11,24,27-33,35,37-39H,5-7,9,12-23H2,1-4H3/t27?,29-,30?,31?,32+,33?,35?/m1/s1. The zero-order valence-corrected chi connectivity index (χ0v) is 28.3. The van der Waals surface area contributed by atoms with E-state index in [0.29, 0.717) is 22.6 Å². The lowest BCUT2D eigenvalue weighted by atomic mass is 9.58. The Morgan fingerprint density at radius 3 is 2.42 bits per heavy atom. The molecule has 3 aliphatic heterocycles. The molecule has 8 atom stereocenters. The number of hydrogen-bond acceptors (Lipinski definition) is 7. The first-order valence-electron chi connectivity index (χ1n) is 18.0. The van der Waals surface area contributed by atoms with Gasteiger partial charge in [-0.25, -0.2) is 4.72 Å². The van der Waals surface area contributed by atoms with E-state index in [0.717, 1.165) is 31.5 Å². The predicted octanol–water partition coefficient (Wildman–Crippen LogP) is 6.49. The van der Waals surface area contributed by atoms with Crippen molar-refractivity contribution in [3.05, 3.63) is 34.9 Å². The van der Waals surface area contributed by atoms with E-state index in [2.05, 4.69) is 71.0 Å². The summed E-state index contributed by atoms with van der Waals surface area (Å²) >= 11 is 1.98. The maximum absolute atomic E-state index is 7.26. The minimum absolute atomic E-state index is 0.0267. The third kappa shape index (κ3) is 6.89. The Bertz CT molecular complexity index is 1070. The fourth-order valence-electron chi connectivity index (χ4n) is 10.1. The van der Waals surface area contributed by atoms with Gasteiger partial charge in [0.05, 0.1) is 6.10 Å². The van der Waals surface area contributed by atoms with Gasteiger partial charge in [-0.3, -0.25) is 20.4 Å². The summed E-state index contributed by atoms with van der Waals surface area (Å²) in [5, 5.41) is 8.51. The molecule has 3 N–H and O–H groups in total. The summed E-state index contributed by atoms with van der Waals surface area (Å²) in [5.74, 6) is 1.45. The van der Waals surface area contributed by atoms with Gasteiger partial charge in [-0.05, 0) is 92.7 Å². The van der Waals surface area contributed by atoms with E-state index in [1.807, 2.05) is 11.9 Å². The average molecular weight is 610 g/mol.